The molecule has 0 spiro atoms. The predicted octanol–water partition coefficient (Wildman–Crippen LogP) is 0.714. The van der Waals surface area contributed by atoms with Gasteiger partial charge in [0.05, 0.1) is 32.0 Å². The van der Waals surface area contributed by atoms with Crippen LogP contribution in [0.25, 0.3) is 0 Å². The lowest BCUT2D eigenvalue weighted by atomic mass is 10.0. The van der Waals surface area contributed by atoms with Crippen molar-refractivity contribution in [2.24, 2.45) is 0 Å². The van der Waals surface area contributed by atoms with Crippen LogP contribution in [0.4, 0.5) is 0 Å². The van der Waals surface area contributed by atoms with E-state index < -0.39 is 6.10 Å². The van der Waals surface area contributed by atoms with E-state index in [1.165, 1.54) is 0 Å². The molecule has 1 heterocycles. The molecule has 1 aromatic rings. The molecule has 1 aliphatic heterocycles. The lowest BCUT2D eigenvalue weighted by Crippen LogP contribution is -2.43. The van der Waals surface area contributed by atoms with E-state index in [2.05, 4.69) is 0 Å². The second-order valence-corrected chi connectivity index (χ2v) is 4.28. The summed E-state index contributed by atoms with van der Waals surface area (Å²) in [6.45, 7) is 0.670. The molecule has 2 N–H and O–H groups in total. The van der Waals surface area contributed by atoms with Crippen molar-refractivity contribution in [1.82, 2.24) is 0 Å². The highest BCUT2D eigenvalue weighted by Gasteiger charge is 2.30. The van der Waals surface area contributed by atoms with Gasteiger partial charge in [-0.1, -0.05) is 30.3 Å². The molecule has 2 unspecified atom stereocenters. The molecular formula is C13H18O4. The Morgan fingerprint density at radius 2 is 2.06 bits per heavy atom. The maximum Gasteiger partial charge on any atom is 0.104 e. The van der Waals surface area contributed by atoms with Gasteiger partial charge in [-0.2, -0.15) is 0 Å². The zero-order chi connectivity index (χ0) is 12.1. The smallest absolute Gasteiger partial charge is 0.104 e. The SMILES string of the molecule is OCC1C[C@@H](OCc2ccccc2)C(O)CO1. The van der Waals surface area contributed by atoms with Crippen molar-refractivity contribution in [3.63, 3.8) is 0 Å². The van der Waals surface area contributed by atoms with E-state index >= 15 is 0 Å². The predicted molar refractivity (Wildman–Crippen MR) is 62.5 cm³/mol. The standard InChI is InChI=1S/C13H18O4/c14-7-11-6-13(12(15)9-16-11)17-8-10-4-2-1-3-5-10/h1-5,11-15H,6-9H2/t11?,12?,13-/m1/s1. The van der Waals surface area contributed by atoms with Crippen molar-refractivity contribution < 1.29 is 19.7 Å². The van der Waals surface area contributed by atoms with E-state index in [0.717, 1.165) is 5.56 Å². The van der Waals surface area contributed by atoms with Crippen LogP contribution in [0.5, 0.6) is 0 Å². The highest BCUT2D eigenvalue weighted by atomic mass is 16.5. The first-order valence-electron chi connectivity index (χ1n) is 5.85. The molecule has 1 aliphatic rings. The highest BCUT2D eigenvalue weighted by molar-refractivity contribution is 5.13. The van der Waals surface area contributed by atoms with E-state index in [0.29, 0.717) is 13.0 Å². The topological polar surface area (TPSA) is 58.9 Å². The zero-order valence-electron chi connectivity index (χ0n) is 9.66. The molecule has 0 aromatic heterocycles. The van der Waals surface area contributed by atoms with Crippen LogP contribution in [0.1, 0.15) is 12.0 Å². The number of ether oxygens (including phenoxy) is 2. The van der Waals surface area contributed by atoms with E-state index in [-0.39, 0.29) is 25.4 Å². The lowest BCUT2D eigenvalue weighted by Gasteiger charge is -2.32. The number of rotatable bonds is 4. The quantitative estimate of drug-likeness (QED) is 0.811. The van der Waals surface area contributed by atoms with Crippen molar-refractivity contribution in [1.29, 1.82) is 0 Å². The van der Waals surface area contributed by atoms with Crippen molar-refractivity contribution in [2.75, 3.05) is 13.2 Å². The Kier molecular flexibility index (Phi) is 4.50. The summed E-state index contributed by atoms with van der Waals surface area (Å²) in [5.74, 6) is 0. The van der Waals surface area contributed by atoms with Gasteiger partial charge >= 0.3 is 0 Å². The summed E-state index contributed by atoms with van der Waals surface area (Å²) in [5.41, 5.74) is 1.08. The maximum absolute atomic E-state index is 9.73. The Labute approximate surface area is 101 Å². The summed E-state index contributed by atoms with van der Waals surface area (Å²) in [6, 6.07) is 9.82. The van der Waals surface area contributed by atoms with Crippen molar-refractivity contribution in [3.8, 4) is 0 Å². The molecule has 94 valence electrons. The van der Waals surface area contributed by atoms with E-state index in [1.54, 1.807) is 0 Å². The fourth-order valence-electron chi connectivity index (χ4n) is 1.91. The zero-order valence-corrected chi connectivity index (χ0v) is 9.66. The van der Waals surface area contributed by atoms with E-state index in [1.807, 2.05) is 30.3 Å². The van der Waals surface area contributed by atoms with Gasteiger partial charge in [0, 0.05) is 6.42 Å². The number of benzene rings is 1. The van der Waals surface area contributed by atoms with Crippen molar-refractivity contribution >= 4 is 0 Å². The number of hydrogen-bond acceptors (Lipinski definition) is 4. The second kappa shape index (κ2) is 6.12. The van der Waals surface area contributed by atoms with Gasteiger partial charge in [0.25, 0.3) is 0 Å². The second-order valence-electron chi connectivity index (χ2n) is 4.28. The maximum atomic E-state index is 9.73. The minimum atomic E-state index is -0.610. The first-order valence-corrected chi connectivity index (χ1v) is 5.85. The summed E-state index contributed by atoms with van der Waals surface area (Å²) in [7, 11) is 0. The summed E-state index contributed by atoms with van der Waals surface area (Å²) in [6.07, 6.45) is -0.563. The third-order valence-corrected chi connectivity index (χ3v) is 2.94. The van der Waals surface area contributed by atoms with Gasteiger partial charge in [-0.3, -0.25) is 0 Å². The monoisotopic (exact) mass is 238 g/mol. The molecule has 0 saturated carbocycles. The van der Waals surface area contributed by atoms with Crippen LogP contribution in [0.15, 0.2) is 30.3 Å². The first-order chi connectivity index (χ1) is 8.29. The largest absolute Gasteiger partial charge is 0.394 e. The van der Waals surface area contributed by atoms with Crippen molar-refractivity contribution in [2.45, 2.75) is 31.3 Å². The van der Waals surface area contributed by atoms with Gasteiger partial charge in [-0.25, -0.2) is 0 Å². The molecule has 4 nitrogen and oxygen atoms in total. The Bertz CT molecular complexity index is 327. The minimum Gasteiger partial charge on any atom is -0.394 e. The molecule has 17 heavy (non-hydrogen) atoms. The van der Waals surface area contributed by atoms with Crippen molar-refractivity contribution in [3.05, 3.63) is 35.9 Å². The minimum absolute atomic E-state index is 0.0298. The fourth-order valence-corrected chi connectivity index (χ4v) is 1.91. The molecule has 3 atom stereocenters. The van der Waals surface area contributed by atoms with Crippen LogP contribution in [-0.2, 0) is 16.1 Å². The third-order valence-electron chi connectivity index (χ3n) is 2.94. The molecule has 0 radical (unpaired) electrons. The molecule has 1 saturated heterocycles. The van der Waals surface area contributed by atoms with Gasteiger partial charge in [0.2, 0.25) is 0 Å². The fraction of sp³-hybridized carbons (Fsp3) is 0.538. The average Bonchev–Trinajstić information content (AvgIpc) is 2.39. The molecule has 0 amide bonds. The Hall–Kier alpha value is -0.940. The van der Waals surface area contributed by atoms with E-state index in [9.17, 15) is 5.11 Å². The van der Waals surface area contributed by atoms with Crippen LogP contribution in [0.3, 0.4) is 0 Å². The summed E-state index contributed by atoms with van der Waals surface area (Å²) < 4.78 is 10.9. The van der Waals surface area contributed by atoms with Gasteiger partial charge in [0.1, 0.15) is 6.10 Å². The Morgan fingerprint density at radius 1 is 1.29 bits per heavy atom. The Balaban J connectivity index is 1.85. The molecule has 0 aliphatic carbocycles. The van der Waals surface area contributed by atoms with Gasteiger partial charge in [0.15, 0.2) is 0 Å². The number of aliphatic hydroxyl groups excluding tert-OH is 2. The van der Waals surface area contributed by atoms with Crippen LogP contribution >= 0.6 is 0 Å². The van der Waals surface area contributed by atoms with Gasteiger partial charge in [-0.05, 0) is 5.56 Å². The first kappa shape index (κ1) is 12.5. The molecule has 0 bridgehead atoms. The molecule has 1 fully saturated rings. The van der Waals surface area contributed by atoms with Crippen LogP contribution in [0, 0.1) is 0 Å². The van der Waals surface area contributed by atoms with Crippen LogP contribution in [-0.4, -0.2) is 41.7 Å². The summed E-state index contributed by atoms with van der Waals surface area (Å²) in [5, 5.41) is 18.7. The normalized spacial score (nSPS) is 29.2. The highest BCUT2D eigenvalue weighted by Crippen LogP contribution is 2.18. The lowest BCUT2D eigenvalue weighted by molar-refractivity contribution is -0.154. The van der Waals surface area contributed by atoms with Crippen LogP contribution < -0.4 is 0 Å². The Morgan fingerprint density at radius 3 is 2.76 bits per heavy atom. The number of hydrogen-bond donors (Lipinski definition) is 2. The molecule has 1 aromatic carbocycles. The van der Waals surface area contributed by atoms with Gasteiger partial charge < -0.3 is 19.7 Å². The third kappa shape index (κ3) is 3.51. The molecule has 2 rings (SSSR count). The molecule has 4 heteroatoms. The van der Waals surface area contributed by atoms with Gasteiger partial charge in [-0.15, -0.1) is 0 Å². The molecular weight excluding hydrogens is 220 g/mol. The van der Waals surface area contributed by atoms with E-state index in [4.69, 9.17) is 14.6 Å². The van der Waals surface area contributed by atoms with Crippen LogP contribution in [0.2, 0.25) is 0 Å². The number of aliphatic hydroxyl groups is 2. The average molecular weight is 238 g/mol. The summed E-state index contributed by atoms with van der Waals surface area (Å²) in [4.78, 5) is 0. The summed E-state index contributed by atoms with van der Waals surface area (Å²) >= 11 is 0.